The molecule has 1 aliphatic heterocycles. The van der Waals surface area contributed by atoms with Gasteiger partial charge in [-0.2, -0.15) is 0 Å². The molecule has 2 heterocycles. The minimum Gasteiger partial charge on any atom is -0.469 e. The maximum absolute atomic E-state index is 12.3. The van der Waals surface area contributed by atoms with Crippen molar-refractivity contribution in [2.75, 3.05) is 19.6 Å². The van der Waals surface area contributed by atoms with Crippen molar-refractivity contribution in [1.29, 1.82) is 0 Å². The summed E-state index contributed by atoms with van der Waals surface area (Å²) < 4.78 is 5.18. The Kier molecular flexibility index (Phi) is 5.69. The number of nitrogens with two attached hydrogens (primary N) is 1. The normalized spacial score (nSPS) is 19.4. The molecule has 1 unspecified atom stereocenters. The largest absolute Gasteiger partial charge is 0.469 e. The van der Waals surface area contributed by atoms with Crippen molar-refractivity contribution in [3.05, 3.63) is 23.7 Å². The predicted octanol–water partition coefficient (Wildman–Crippen LogP) is 2.21. The molecule has 1 amide bonds. The Bertz CT molecular complexity index is 390. The molecule has 1 saturated heterocycles. The predicted molar refractivity (Wildman–Crippen MR) is 73.0 cm³/mol. The smallest absolute Gasteiger partial charge is 0.257 e. The standard InChI is InChI=1S/C13H20N2O2.ClH/c1-10-12(5-8-17-10)13(16)15-7-2-3-11(9-15)4-6-14;/h5,8,11H,2-4,6-7,9,14H2,1H3;1H. The summed E-state index contributed by atoms with van der Waals surface area (Å²) in [4.78, 5) is 14.2. The maximum atomic E-state index is 12.3. The fraction of sp³-hybridized carbons (Fsp3) is 0.615. The molecule has 1 aromatic heterocycles. The van der Waals surface area contributed by atoms with Crippen molar-refractivity contribution < 1.29 is 9.21 Å². The summed E-state index contributed by atoms with van der Waals surface area (Å²) in [6.07, 6.45) is 4.84. The molecule has 102 valence electrons. The van der Waals surface area contributed by atoms with Crippen LogP contribution in [0.25, 0.3) is 0 Å². The summed E-state index contributed by atoms with van der Waals surface area (Å²) in [6, 6.07) is 1.75. The van der Waals surface area contributed by atoms with Crippen molar-refractivity contribution in [2.45, 2.75) is 26.2 Å². The van der Waals surface area contributed by atoms with E-state index in [1.54, 1.807) is 12.3 Å². The first kappa shape index (κ1) is 15.1. The van der Waals surface area contributed by atoms with E-state index in [0.717, 1.165) is 25.9 Å². The van der Waals surface area contributed by atoms with E-state index in [4.69, 9.17) is 10.2 Å². The van der Waals surface area contributed by atoms with E-state index >= 15 is 0 Å². The van der Waals surface area contributed by atoms with Gasteiger partial charge in [0.05, 0.1) is 11.8 Å². The molecule has 1 aromatic rings. The first-order valence-corrected chi connectivity index (χ1v) is 6.26. The van der Waals surface area contributed by atoms with Gasteiger partial charge in [-0.05, 0) is 44.7 Å². The average Bonchev–Trinajstić information content (AvgIpc) is 2.75. The fourth-order valence-corrected chi connectivity index (χ4v) is 2.50. The first-order chi connectivity index (χ1) is 8.22. The Hall–Kier alpha value is -1.00. The number of carbonyl (C=O) groups excluding carboxylic acids is 1. The molecule has 0 spiro atoms. The van der Waals surface area contributed by atoms with Gasteiger partial charge in [0.2, 0.25) is 0 Å². The molecular formula is C13H21ClN2O2. The highest BCUT2D eigenvalue weighted by atomic mass is 35.5. The molecule has 0 aromatic carbocycles. The van der Waals surface area contributed by atoms with Gasteiger partial charge in [0.1, 0.15) is 5.76 Å². The zero-order valence-corrected chi connectivity index (χ0v) is 11.5. The van der Waals surface area contributed by atoms with E-state index in [0.29, 0.717) is 23.8 Å². The SMILES string of the molecule is Cc1occc1C(=O)N1CCCC(CCN)C1.Cl. The summed E-state index contributed by atoms with van der Waals surface area (Å²) in [7, 11) is 0. The van der Waals surface area contributed by atoms with E-state index in [1.807, 2.05) is 11.8 Å². The van der Waals surface area contributed by atoms with Crippen molar-refractivity contribution >= 4 is 18.3 Å². The molecule has 1 fully saturated rings. The Morgan fingerprint density at radius 1 is 1.61 bits per heavy atom. The highest BCUT2D eigenvalue weighted by molar-refractivity contribution is 5.95. The Labute approximate surface area is 114 Å². The summed E-state index contributed by atoms with van der Waals surface area (Å²) in [5, 5.41) is 0. The molecule has 1 atom stereocenters. The van der Waals surface area contributed by atoms with E-state index in [-0.39, 0.29) is 18.3 Å². The number of halogens is 1. The highest BCUT2D eigenvalue weighted by Crippen LogP contribution is 2.21. The Morgan fingerprint density at radius 3 is 3.00 bits per heavy atom. The van der Waals surface area contributed by atoms with Crippen molar-refractivity contribution in [1.82, 2.24) is 4.90 Å². The van der Waals surface area contributed by atoms with E-state index in [2.05, 4.69) is 0 Å². The van der Waals surface area contributed by atoms with Gasteiger partial charge in [0, 0.05) is 13.1 Å². The van der Waals surface area contributed by atoms with Crippen LogP contribution >= 0.6 is 12.4 Å². The van der Waals surface area contributed by atoms with Gasteiger partial charge in [-0.1, -0.05) is 0 Å². The Balaban J connectivity index is 0.00000162. The number of aryl methyl sites for hydroxylation is 1. The van der Waals surface area contributed by atoms with Gasteiger partial charge in [0.25, 0.3) is 5.91 Å². The van der Waals surface area contributed by atoms with Crippen LogP contribution in [0.15, 0.2) is 16.7 Å². The van der Waals surface area contributed by atoms with Crippen LogP contribution < -0.4 is 5.73 Å². The van der Waals surface area contributed by atoms with Crippen molar-refractivity contribution in [3.63, 3.8) is 0 Å². The van der Waals surface area contributed by atoms with Crippen LogP contribution in [0, 0.1) is 12.8 Å². The number of piperidine rings is 1. The summed E-state index contributed by atoms with van der Waals surface area (Å²) in [5.74, 6) is 1.36. The maximum Gasteiger partial charge on any atom is 0.257 e. The zero-order chi connectivity index (χ0) is 12.3. The lowest BCUT2D eigenvalue weighted by atomic mass is 9.94. The second-order valence-corrected chi connectivity index (χ2v) is 4.73. The van der Waals surface area contributed by atoms with Crippen molar-refractivity contribution in [2.24, 2.45) is 11.7 Å². The molecule has 2 N–H and O–H groups in total. The molecule has 0 radical (unpaired) electrons. The number of amides is 1. The second-order valence-electron chi connectivity index (χ2n) is 4.73. The molecule has 1 aliphatic rings. The molecule has 0 bridgehead atoms. The monoisotopic (exact) mass is 272 g/mol. The number of carbonyl (C=O) groups is 1. The van der Waals surface area contributed by atoms with Gasteiger partial charge in [0.15, 0.2) is 0 Å². The van der Waals surface area contributed by atoms with E-state index in [9.17, 15) is 4.79 Å². The van der Waals surface area contributed by atoms with Gasteiger partial charge >= 0.3 is 0 Å². The lowest BCUT2D eigenvalue weighted by molar-refractivity contribution is 0.0668. The van der Waals surface area contributed by atoms with E-state index < -0.39 is 0 Å². The number of likely N-dealkylation sites (tertiary alicyclic amines) is 1. The molecule has 0 saturated carbocycles. The molecule has 2 rings (SSSR count). The second kappa shape index (κ2) is 6.81. The van der Waals surface area contributed by atoms with Crippen molar-refractivity contribution in [3.8, 4) is 0 Å². The zero-order valence-electron chi connectivity index (χ0n) is 10.7. The lowest BCUT2D eigenvalue weighted by Gasteiger charge is -2.32. The summed E-state index contributed by atoms with van der Waals surface area (Å²) in [5.41, 5.74) is 6.27. The van der Waals surface area contributed by atoms with Gasteiger partial charge in [-0.25, -0.2) is 0 Å². The number of hydrogen-bond donors (Lipinski definition) is 1. The topological polar surface area (TPSA) is 59.5 Å². The number of rotatable bonds is 3. The van der Waals surface area contributed by atoms with E-state index in [1.165, 1.54) is 6.42 Å². The Morgan fingerprint density at radius 2 is 2.39 bits per heavy atom. The lowest BCUT2D eigenvalue weighted by Crippen LogP contribution is -2.40. The van der Waals surface area contributed by atoms with Gasteiger partial charge in [-0.15, -0.1) is 12.4 Å². The summed E-state index contributed by atoms with van der Waals surface area (Å²) >= 11 is 0. The van der Waals surface area contributed by atoms with Crippen LogP contribution in [0.4, 0.5) is 0 Å². The van der Waals surface area contributed by atoms with Crippen LogP contribution in [0.2, 0.25) is 0 Å². The van der Waals surface area contributed by atoms with Crippen LogP contribution in [0.1, 0.15) is 35.4 Å². The molecule has 5 heteroatoms. The molecule has 4 nitrogen and oxygen atoms in total. The quantitative estimate of drug-likeness (QED) is 0.918. The minimum atomic E-state index is 0. The van der Waals surface area contributed by atoms with Gasteiger partial charge in [-0.3, -0.25) is 4.79 Å². The molecular weight excluding hydrogens is 252 g/mol. The van der Waals surface area contributed by atoms with Crippen LogP contribution in [-0.4, -0.2) is 30.4 Å². The number of nitrogens with zero attached hydrogens (tertiary/aromatic N) is 1. The highest BCUT2D eigenvalue weighted by Gasteiger charge is 2.25. The third-order valence-corrected chi connectivity index (χ3v) is 3.47. The first-order valence-electron chi connectivity index (χ1n) is 6.26. The van der Waals surface area contributed by atoms with Crippen LogP contribution in [-0.2, 0) is 0 Å². The van der Waals surface area contributed by atoms with Crippen LogP contribution in [0.5, 0.6) is 0 Å². The molecule has 0 aliphatic carbocycles. The molecule has 18 heavy (non-hydrogen) atoms. The third kappa shape index (κ3) is 3.27. The average molecular weight is 273 g/mol. The fourth-order valence-electron chi connectivity index (χ4n) is 2.50. The number of furan rings is 1. The van der Waals surface area contributed by atoms with Gasteiger partial charge < -0.3 is 15.1 Å². The minimum absolute atomic E-state index is 0. The number of hydrogen-bond acceptors (Lipinski definition) is 3. The van der Waals surface area contributed by atoms with Crippen LogP contribution in [0.3, 0.4) is 0 Å². The third-order valence-electron chi connectivity index (χ3n) is 3.47. The summed E-state index contributed by atoms with van der Waals surface area (Å²) in [6.45, 7) is 4.22.